The number of rotatable bonds is 5. The molecule has 19 heavy (non-hydrogen) atoms. The smallest absolute Gasteiger partial charge is 0.0783 e. The van der Waals surface area contributed by atoms with E-state index in [1.54, 1.807) is 0 Å². The quantitative estimate of drug-likeness (QED) is 0.854. The predicted molar refractivity (Wildman–Crippen MR) is 80.5 cm³/mol. The minimum absolute atomic E-state index is 0.189. The van der Waals surface area contributed by atoms with Gasteiger partial charge in [-0.1, -0.05) is 45.0 Å². The van der Waals surface area contributed by atoms with Gasteiger partial charge in [-0.25, -0.2) is 0 Å². The molecular formula is C17H27NO. The van der Waals surface area contributed by atoms with Crippen molar-refractivity contribution < 1.29 is 5.11 Å². The molecule has 106 valence electrons. The molecule has 0 radical (unpaired) electrons. The van der Waals surface area contributed by atoms with E-state index < -0.39 is 5.60 Å². The lowest BCUT2D eigenvalue weighted by Crippen LogP contribution is -2.40. The van der Waals surface area contributed by atoms with Crippen molar-refractivity contribution in [3.63, 3.8) is 0 Å². The van der Waals surface area contributed by atoms with Crippen molar-refractivity contribution in [3.8, 4) is 0 Å². The molecule has 2 heteroatoms. The Bertz CT molecular complexity index is 410. The molecule has 0 spiro atoms. The monoisotopic (exact) mass is 261 g/mol. The molecule has 2 rings (SSSR count). The van der Waals surface area contributed by atoms with Crippen LogP contribution >= 0.6 is 0 Å². The molecule has 0 aromatic heterocycles. The minimum atomic E-state index is -0.661. The molecule has 0 amide bonds. The molecule has 1 fully saturated rings. The van der Waals surface area contributed by atoms with Crippen LogP contribution in [0.5, 0.6) is 0 Å². The highest BCUT2D eigenvalue weighted by Crippen LogP contribution is 2.24. The van der Waals surface area contributed by atoms with Gasteiger partial charge in [-0.2, -0.15) is 0 Å². The number of benzene rings is 1. The molecule has 2 N–H and O–H groups in total. The van der Waals surface area contributed by atoms with Gasteiger partial charge in [0.05, 0.1) is 5.60 Å². The van der Waals surface area contributed by atoms with Gasteiger partial charge in [-0.05, 0) is 36.3 Å². The number of nitrogens with one attached hydrogen (secondary N) is 1. The summed E-state index contributed by atoms with van der Waals surface area (Å²) in [6.07, 6.45) is 3.23. The Labute approximate surface area is 117 Å². The van der Waals surface area contributed by atoms with Crippen LogP contribution in [-0.4, -0.2) is 23.3 Å². The van der Waals surface area contributed by atoms with Gasteiger partial charge in [0.1, 0.15) is 0 Å². The highest BCUT2D eigenvalue weighted by atomic mass is 16.3. The van der Waals surface area contributed by atoms with E-state index in [4.69, 9.17) is 0 Å². The maximum atomic E-state index is 10.4. The van der Waals surface area contributed by atoms with Crippen molar-refractivity contribution in [2.75, 3.05) is 6.54 Å². The first-order chi connectivity index (χ1) is 8.76. The Balaban J connectivity index is 1.93. The van der Waals surface area contributed by atoms with Crippen LogP contribution in [0.1, 0.15) is 51.7 Å². The Morgan fingerprint density at radius 2 is 1.68 bits per heavy atom. The summed E-state index contributed by atoms with van der Waals surface area (Å²) in [7, 11) is 0. The lowest BCUT2D eigenvalue weighted by Gasteiger charge is -2.25. The lowest BCUT2D eigenvalue weighted by atomic mass is 9.86. The molecular weight excluding hydrogens is 234 g/mol. The largest absolute Gasteiger partial charge is 0.389 e. The van der Waals surface area contributed by atoms with Crippen LogP contribution in [0.25, 0.3) is 0 Å². The minimum Gasteiger partial charge on any atom is -0.389 e. The summed E-state index contributed by atoms with van der Waals surface area (Å²) < 4.78 is 0. The van der Waals surface area contributed by atoms with Crippen LogP contribution in [0.15, 0.2) is 24.3 Å². The molecule has 0 saturated heterocycles. The fraction of sp³-hybridized carbons (Fsp3) is 0.647. The zero-order valence-electron chi connectivity index (χ0n) is 12.7. The van der Waals surface area contributed by atoms with Gasteiger partial charge in [-0.3, -0.25) is 0 Å². The first-order valence-electron chi connectivity index (χ1n) is 7.31. The third kappa shape index (κ3) is 4.63. The van der Waals surface area contributed by atoms with Gasteiger partial charge in [0.25, 0.3) is 0 Å². The Morgan fingerprint density at radius 1 is 1.11 bits per heavy atom. The molecule has 1 unspecified atom stereocenters. The Morgan fingerprint density at radius 3 is 2.16 bits per heavy atom. The highest BCUT2D eigenvalue weighted by Gasteiger charge is 2.26. The van der Waals surface area contributed by atoms with Gasteiger partial charge < -0.3 is 10.4 Å². The van der Waals surface area contributed by atoms with Crippen molar-refractivity contribution in [1.82, 2.24) is 5.32 Å². The third-order valence-corrected chi connectivity index (χ3v) is 3.75. The normalized spacial score (nSPS) is 19.2. The SMILES string of the molecule is CC(O)(CNC1CC1)Cc1ccc(C(C)(C)C)cc1. The predicted octanol–water partition coefficient (Wildman–Crippen LogP) is 3.03. The highest BCUT2D eigenvalue weighted by molar-refractivity contribution is 5.28. The van der Waals surface area contributed by atoms with E-state index in [-0.39, 0.29) is 5.41 Å². The molecule has 0 aliphatic heterocycles. The van der Waals surface area contributed by atoms with Gasteiger partial charge in [-0.15, -0.1) is 0 Å². The summed E-state index contributed by atoms with van der Waals surface area (Å²) >= 11 is 0. The summed E-state index contributed by atoms with van der Waals surface area (Å²) in [5, 5.41) is 13.8. The number of hydrogen-bond acceptors (Lipinski definition) is 2. The molecule has 1 saturated carbocycles. The van der Waals surface area contributed by atoms with Crippen molar-refractivity contribution in [3.05, 3.63) is 35.4 Å². The van der Waals surface area contributed by atoms with E-state index in [1.165, 1.54) is 24.0 Å². The first kappa shape index (κ1) is 14.5. The average Bonchev–Trinajstić information content (AvgIpc) is 3.09. The van der Waals surface area contributed by atoms with E-state index in [1.807, 2.05) is 6.92 Å². The standard InChI is InChI=1S/C17H27NO/c1-16(2,3)14-7-5-13(6-8-14)11-17(4,19)12-18-15-9-10-15/h5-8,15,18-19H,9-12H2,1-4H3. The van der Waals surface area contributed by atoms with E-state index in [2.05, 4.69) is 50.4 Å². The Kier molecular flexibility index (Phi) is 4.03. The number of hydrogen-bond donors (Lipinski definition) is 2. The van der Waals surface area contributed by atoms with Crippen molar-refractivity contribution in [2.45, 2.75) is 64.0 Å². The van der Waals surface area contributed by atoms with Crippen molar-refractivity contribution >= 4 is 0 Å². The molecule has 1 aromatic carbocycles. The van der Waals surface area contributed by atoms with E-state index >= 15 is 0 Å². The van der Waals surface area contributed by atoms with Crippen LogP contribution < -0.4 is 5.32 Å². The molecule has 1 aliphatic rings. The third-order valence-electron chi connectivity index (χ3n) is 3.75. The molecule has 2 nitrogen and oxygen atoms in total. The summed E-state index contributed by atoms with van der Waals surface area (Å²) in [5.74, 6) is 0. The van der Waals surface area contributed by atoms with Crippen LogP contribution in [0.2, 0.25) is 0 Å². The van der Waals surface area contributed by atoms with E-state index in [9.17, 15) is 5.11 Å². The van der Waals surface area contributed by atoms with E-state index in [0.717, 1.165) is 0 Å². The average molecular weight is 261 g/mol. The van der Waals surface area contributed by atoms with Crippen molar-refractivity contribution in [2.24, 2.45) is 0 Å². The maximum absolute atomic E-state index is 10.4. The van der Waals surface area contributed by atoms with E-state index in [0.29, 0.717) is 19.0 Å². The molecule has 1 aromatic rings. The fourth-order valence-electron chi connectivity index (χ4n) is 2.28. The summed E-state index contributed by atoms with van der Waals surface area (Å²) in [6, 6.07) is 9.30. The van der Waals surface area contributed by atoms with Gasteiger partial charge in [0.15, 0.2) is 0 Å². The van der Waals surface area contributed by atoms with Crippen LogP contribution in [0, 0.1) is 0 Å². The summed E-state index contributed by atoms with van der Waals surface area (Å²) in [4.78, 5) is 0. The van der Waals surface area contributed by atoms with Gasteiger partial charge in [0, 0.05) is 19.0 Å². The van der Waals surface area contributed by atoms with Crippen molar-refractivity contribution in [1.29, 1.82) is 0 Å². The number of aliphatic hydroxyl groups is 1. The summed E-state index contributed by atoms with van der Waals surface area (Å²) in [6.45, 7) is 9.26. The van der Waals surface area contributed by atoms with Gasteiger partial charge in [0.2, 0.25) is 0 Å². The second-order valence-corrected chi connectivity index (χ2v) is 7.28. The topological polar surface area (TPSA) is 32.3 Å². The Hall–Kier alpha value is -0.860. The second kappa shape index (κ2) is 5.26. The zero-order chi connectivity index (χ0) is 14.1. The zero-order valence-corrected chi connectivity index (χ0v) is 12.7. The first-order valence-corrected chi connectivity index (χ1v) is 7.31. The fourth-order valence-corrected chi connectivity index (χ4v) is 2.28. The van der Waals surface area contributed by atoms with Gasteiger partial charge >= 0.3 is 0 Å². The second-order valence-electron chi connectivity index (χ2n) is 7.28. The lowest BCUT2D eigenvalue weighted by molar-refractivity contribution is 0.0597. The summed E-state index contributed by atoms with van der Waals surface area (Å²) in [5.41, 5.74) is 2.07. The molecule has 0 bridgehead atoms. The molecule has 1 aliphatic carbocycles. The van der Waals surface area contributed by atoms with Crippen LogP contribution in [0.4, 0.5) is 0 Å². The molecule has 0 heterocycles. The maximum Gasteiger partial charge on any atom is 0.0783 e. The van der Waals surface area contributed by atoms with Crippen LogP contribution in [0.3, 0.4) is 0 Å². The van der Waals surface area contributed by atoms with Crippen LogP contribution in [-0.2, 0) is 11.8 Å². The molecule has 1 atom stereocenters.